The summed E-state index contributed by atoms with van der Waals surface area (Å²) < 4.78 is 27.2. The third-order valence-electron chi connectivity index (χ3n) is 4.45. The zero-order valence-electron chi connectivity index (χ0n) is 17.0. The molecule has 0 aliphatic rings. The van der Waals surface area contributed by atoms with Crippen LogP contribution in [0.4, 0.5) is 11.6 Å². The molecule has 1 aromatic carbocycles. The molecule has 32 heavy (non-hydrogen) atoms. The normalized spacial score (nSPS) is 11.4. The number of nitrogen functional groups attached to an aromatic ring is 1. The van der Waals surface area contributed by atoms with Crippen molar-refractivity contribution in [3.63, 3.8) is 0 Å². The third kappa shape index (κ3) is 4.72. The number of nitrogens with two attached hydrogens (primary N) is 1. The van der Waals surface area contributed by atoms with Crippen molar-refractivity contribution in [1.82, 2.24) is 19.9 Å². The van der Waals surface area contributed by atoms with Crippen LogP contribution in [0.2, 0.25) is 5.02 Å². The molecule has 0 radical (unpaired) electrons. The van der Waals surface area contributed by atoms with Crippen molar-refractivity contribution in [1.29, 1.82) is 0 Å². The number of benzene rings is 1. The topological polar surface area (TPSA) is 124 Å². The van der Waals surface area contributed by atoms with Crippen molar-refractivity contribution >= 4 is 44.6 Å². The largest absolute Gasteiger partial charge is 0.368 e. The summed E-state index contributed by atoms with van der Waals surface area (Å²) in [6.07, 6.45) is 5.45. The van der Waals surface area contributed by atoms with Crippen LogP contribution in [0.3, 0.4) is 0 Å². The second kappa shape index (κ2) is 9.19. The second-order valence-electron chi connectivity index (χ2n) is 6.82. The first-order valence-corrected chi connectivity index (χ1v) is 12.5. The number of nitrogens with one attached hydrogen (secondary N) is 1. The monoisotopic (exact) mass is 486 g/mol. The van der Waals surface area contributed by atoms with Gasteiger partial charge in [0.05, 0.1) is 32.7 Å². The number of aromatic nitrogens is 4. The van der Waals surface area contributed by atoms with Gasteiger partial charge in [-0.25, -0.2) is 23.4 Å². The van der Waals surface area contributed by atoms with Crippen LogP contribution >= 0.6 is 22.9 Å². The van der Waals surface area contributed by atoms with E-state index in [1.165, 1.54) is 11.3 Å². The van der Waals surface area contributed by atoms with Crippen molar-refractivity contribution < 1.29 is 8.42 Å². The highest BCUT2D eigenvalue weighted by Crippen LogP contribution is 2.43. The minimum atomic E-state index is -3.51. The number of sulfonamides is 1. The van der Waals surface area contributed by atoms with Crippen LogP contribution in [0.25, 0.3) is 32.4 Å². The van der Waals surface area contributed by atoms with Gasteiger partial charge in [-0.2, -0.15) is 0 Å². The van der Waals surface area contributed by atoms with Crippen molar-refractivity contribution in [3.05, 3.63) is 60.0 Å². The lowest BCUT2D eigenvalue weighted by Gasteiger charge is -2.12. The molecule has 0 spiro atoms. The molecule has 4 rings (SSSR count). The molecule has 0 atom stereocenters. The molecule has 4 aromatic rings. The summed E-state index contributed by atoms with van der Waals surface area (Å²) in [5, 5.41) is 0.990. The van der Waals surface area contributed by atoms with Crippen LogP contribution in [0.15, 0.2) is 55.0 Å². The Morgan fingerprint density at radius 1 is 1.09 bits per heavy atom. The molecule has 11 heteroatoms. The van der Waals surface area contributed by atoms with Crippen LogP contribution < -0.4 is 10.5 Å². The molecule has 0 saturated heterocycles. The summed E-state index contributed by atoms with van der Waals surface area (Å²) in [6, 6.07) is 10.6. The van der Waals surface area contributed by atoms with E-state index in [2.05, 4.69) is 19.7 Å². The van der Waals surface area contributed by atoms with E-state index in [4.69, 9.17) is 22.3 Å². The quantitative estimate of drug-likeness (QED) is 0.387. The van der Waals surface area contributed by atoms with Gasteiger partial charge in [0.2, 0.25) is 16.0 Å². The summed E-state index contributed by atoms with van der Waals surface area (Å²) >= 11 is 8.09. The van der Waals surface area contributed by atoms with Crippen LogP contribution in [-0.4, -0.2) is 34.1 Å². The zero-order valence-corrected chi connectivity index (χ0v) is 19.4. The van der Waals surface area contributed by atoms with Crippen LogP contribution in [0.1, 0.15) is 13.3 Å². The SMILES string of the molecule is CCCS(=O)(=O)Nc1cccc(-c2nc(-c3ccncc3)sc2-c2ccnc(N)n2)c1Cl. The number of hydrogen-bond donors (Lipinski definition) is 2. The number of thiazole rings is 1. The summed E-state index contributed by atoms with van der Waals surface area (Å²) in [4.78, 5) is 17.9. The predicted molar refractivity (Wildman–Crippen MR) is 129 cm³/mol. The van der Waals surface area contributed by atoms with Crippen LogP contribution in [-0.2, 0) is 10.0 Å². The van der Waals surface area contributed by atoms with E-state index < -0.39 is 10.0 Å². The summed E-state index contributed by atoms with van der Waals surface area (Å²) in [7, 11) is -3.51. The molecule has 0 saturated carbocycles. The number of pyridine rings is 1. The average Bonchev–Trinajstić information content (AvgIpc) is 3.21. The molecule has 0 amide bonds. The molecule has 3 heterocycles. The molecule has 0 unspecified atom stereocenters. The van der Waals surface area contributed by atoms with Crippen LogP contribution in [0.5, 0.6) is 0 Å². The fourth-order valence-corrected chi connectivity index (χ4v) is 5.59. The van der Waals surface area contributed by atoms with E-state index in [9.17, 15) is 8.42 Å². The lowest BCUT2D eigenvalue weighted by molar-refractivity contribution is 0.600. The number of anilines is 2. The van der Waals surface area contributed by atoms with E-state index >= 15 is 0 Å². The number of hydrogen-bond acceptors (Lipinski definition) is 8. The fraction of sp³-hybridized carbons (Fsp3) is 0.143. The average molecular weight is 487 g/mol. The Balaban J connectivity index is 1.88. The maximum Gasteiger partial charge on any atom is 0.232 e. The van der Waals surface area contributed by atoms with Crippen LogP contribution in [0, 0.1) is 0 Å². The maximum absolute atomic E-state index is 12.3. The Morgan fingerprint density at radius 3 is 2.59 bits per heavy atom. The minimum Gasteiger partial charge on any atom is -0.368 e. The first-order chi connectivity index (χ1) is 15.4. The Bertz CT molecular complexity index is 1360. The Hall–Kier alpha value is -3.08. The highest BCUT2D eigenvalue weighted by Gasteiger charge is 2.21. The van der Waals surface area contributed by atoms with E-state index in [1.54, 1.807) is 49.8 Å². The van der Waals surface area contributed by atoms with Gasteiger partial charge < -0.3 is 5.73 Å². The van der Waals surface area contributed by atoms with E-state index in [0.29, 0.717) is 29.1 Å². The standard InChI is InChI=1S/C21H19ClN6O2S2/c1-2-12-32(29,30)28-15-5-3-4-14(17(15)22)18-19(16-8-11-25-21(23)26-16)31-20(27-18)13-6-9-24-10-7-13/h3-11,28H,2,12H2,1H3,(H2,23,25,26). The molecule has 8 nitrogen and oxygen atoms in total. The Morgan fingerprint density at radius 2 is 1.88 bits per heavy atom. The summed E-state index contributed by atoms with van der Waals surface area (Å²) in [5.41, 5.74) is 8.73. The molecular formula is C21H19ClN6O2S2. The van der Waals surface area contributed by atoms with Gasteiger partial charge in [0.15, 0.2) is 0 Å². The first-order valence-electron chi connectivity index (χ1n) is 9.67. The molecule has 0 bridgehead atoms. The van der Waals surface area contributed by atoms with Gasteiger partial charge in [0, 0.05) is 29.7 Å². The highest BCUT2D eigenvalue weighted by atomic mass is 35.5. The first kappa shape index (κ1) is 22.1. The van der Waals surface area contributed by atoms with E-state index in [-0.39, 0.29) is 16.7 Å². The molecule has 0 fully saturated rings. The zero-order chi connectivity index (χ0) is 22.7. The molecule has 0 aliphatic carbocycles. The van der Waals surface area contributed by atoms with E-state index in [0.717, 1.165) is 15.4 Å². The smallest absolute Gasteiger partial charge is 0.232 e. The van der Waals surface area contributed by atoms with Gasteiger partial charge in [-0.3, -0.25) is 9.71 Å². The second-order valence-corrected chi connectivity index (χ2v) is 10.0. The van der Waals surface area contributed by atoms with Gasteiger partial charge in [0.25, 0.3) is 0 Å². The predicted octanol–water partition coefficient (Wildman–Crippen LogP) is 4.72. The summed E-state index contributed by atoms with van der Waals surface area (Å²) in [6.45, 7) is 1.80. The Kier molecular flexibility index (Phi) is 6.35. The number of nitrogens with zero attached hydrogens (tertiary/aromatic N) is 4. The minimum absolute atomic E-state index is 0.00190. The van der Waals surface area contributed by atoms with Gasteiger partial charge in [-0.05, 0) is 30.7 Å². The van der Waals surface area contributed by atoms with Gasteiger partial charge in [0.1, 0.15) is 5.01 Å². The number of halogens is 1. The maximum atomic E-state index is 12.3. The van der Waals surface area contributed by atoms with Gasteiger partial charge in [-0.1, -0.05) is 30.7 Å². The fourth-order valence-electron chi connectivity index (χ4n) is 3.08. The lowest BCUT2D eigenvalue weighted by Crippen LogP contribution is -2.16. The van der Waals surface area contributed by atoms with Crippen molar-refractivity contribution in [3.8, 4) is 32.4 Å². The highest BCUT2D eigenvalue weighted by molar-refractivity contribution is 7.92. The number of rotatable bonds is 7. The molecular weight excluding hydrogens is 468 g/mol. The van der Waals surface area contributed by atoms with Crippen molar-refractivity contribution in [2.24, 2.45) is 0 Å². The molecule has 164 valence electrons. The lowest BCUT2D eigenvalue weighted by atomic mass is 10.1. The van der Waals surface area contributed by atoms with Crippen molar-refractivity contribution in [2.45, 2.75) is 13.3 Å². The summed E-state index contributed by atoms with van der Waals surface area (Å²) in [5.74, 6) is 0.140. The van der Waals surface area contributed by atoms with Gasteiger partial charge >= 0.3 is 0 Å². The molecule has 0 aliphatic heterocycles. The molecule has 3 aromatic heterocycles. The van der Waals surface area contributed by atoms with E-state index in [1.807, 2.05) is 12.1 Å². The van der Waals surface area contributed by atoms with Gasteiger partial charge in [-0.15, -0.1) is 11.3 Å². The molecule has 3 N–H and O–H groups in total. The van der Waals surface area contributed by atoms with Crippen molar-refractivity contribution in [2.75, 3.05) is 16.2 Å². The Labute approximate surface area is 194 Å². The third-order valence-corrected chi connectivity index (χ3v) is 7.46.